The van der Waals surface area contributed by atoms with Crippen LogP contribution >= 0.6 is 0 Å². The molecule has 2 aromatic carbocycles. The average molecular weight is 285 g/mol. The van der Waals surface area contributed by atoms with Crippen LogP contribution in [0.1, 0.15) is 17.3 Å². The zero-order chi connectivity index (χ0) is 15.2. The van der Waals surface area contributed by atoms with Crippen LogP contribution < -0.4 is 21.1 Å². The third-order valence-electron chi connectivity index (χ3n) is 2.97. The Morgan fingerprint density at radius 3 is 2.76 bits per heavy atom. The van der Waals surface area contributed by atoms with Crippen molar-refractivity contribution in [3.63, 3.8) is 0 Å². The second kappa shape index (κ2) is 6.65. The summed E-state index contributed by atoms with van der Waals surface area (Å²) in [5.41, 5.74) is 8.37. The van der Waals surface area contributed by atoms with E-state index in [9.17, 15) is 4.79 Å². The van der Waals surface area contributed by atoms with Gasteiger partial charge in [-0.15, -0.1) is 0 Å². The van der Waals surface area contributed by atoms with Gasteiger partial charge < -0.3 is 21.1 Å². The summed E-state index contributed by atoms with van der Waals surface area (Å²) >= 11 is 0. The number of carbonyl (C=O) groups excluding carboxylic acids is 1. The summed E-state index contributed by atoms with van der Waals surface area (Å²) in [6.45, 7) is 2.44. The highest BCUT2D eigenvalue weighted by atomic mass is 16.5. The van der Waals surface area contributed by atoms with E-state index in [0.29, 0.717) is 23.5 Å². The minimum atomic E-state index is -0.157. The topological polar surface area (TPSA) is 76.4 Å². The number of benzene rings is 2. The van der Waals surface area contributed by atoms with E-state index in [4.69, 9.17) is 10.5 Å². The summed E-state index contributed by atoms with van der Waals surface area (Å²) in [4.78, 5) is 12.1. The average Bonchev–Trinajstić information content (AvgIpc) is 2.49. The molecule has 0 aliphatic rings. The number of anilines is 3. The Morgan fingerprint density at radius 2 is 2.05 bits per heavy atom. The molecule has 4 N–H and O–H groups in total. The van der Waals surface area contributed by atoms with Crippen molar-refractivity contribution in [3.8, 4) is 5.75 Å². The Kier molecular flexibility index (Phi) is 4.66. The van der Waals surface area contributed by atoms with Crippen LogP contribution in [0.2, 0.25) is 0 Å². The third-order valence-corrected chi connectivity index (χ3v) is 2.97. The second-order valence-electron chi connectivity index (χ2n) is 4.52. The van der Waals surface area contributed by atoms with Crippen LogP contribution in [-0.4, -0.2) is 19.6 Å². The number of nitrogens with two attached hydrogens (primary N) is 1. The van der Waals surface area contributed by atoms with E-state index in [1.807, 2.05) is 31.2 Å². The Bertz CT molecular complexity index is 641. The van der Waals surface area contributed by atoms with Crippen LogP contribution in [0.5, 0.6) is 5.75 Å². The van der Waals surface area contributed by atoms with Crippen molar-refractivity contribution in [1.82, 2.24) is 5.32 Å². The molecule has 2 rings (SSSR count). The van der Waals surface area contributed by atoms with Gasteiger partial charge in [-0.2, -0.15) is 0 Å². The van der Waals surface area contributed by atoms with E-state index in [2.05, 4.69) is 10.6 Å². The predicted octanol–water partition coefficient (Wildman–Crippen LogP) is 2.77. The molecule has 0 radical (unpaired) electrons. The molecule has 110 valence electrons. The summed E-state index contributed by atoms with van der Waals surface area (Å²) in [5, 5.41) is 6.00. The molecule has 0 heterocycles. The van der Waals surface area contributed by atoms with Gasteiger partial charge in [0, 0.05) is 24.0 Å². The molecule has 0 saturated carbocycles. The number of carbonyl (C=O) groups is 1. The highest BCUT2D eigenvalue weighted by Gasteiger charge is 2.11. The molecule has 0 fully saturated rings. The molecule has 5 nitrogen and oxygen atoms in total. The molecule has 2 aromatic rings. The Hall–Kier alpha value is -2.69. The molecule has 0 spiro atoms. The maximum absolute atomic E-state index is 12.1. The van der Waals surface area contributed by atoms with Gasteiger partial charge in [0.2, 0.25) is 0 Å². The molecule has 0 atom stereocenters. The van der Waals surface area contributed by atoms with Crippen molar-refractivity contribution in [2.75, 3.05) is 24.7 Å². The molecule has 0 aliphatic carbocycles. The number of ether oxygens (including phenoxy) is 1. The van der Waals surface area contributed by atoms with Crippen molar-refractivity contribution in [1.29, 1.82) is 0 Å². The lowest BCUT2D eigenvalue weighted by molar-refractivity contribution is 0.0956. The Balaban J connectivity index is 2.32. The zero-order valence-corrected chi connectivity index (χ0v) is 12.1. The van der Waals surface area contributed by atoms with E-state index >= 15 is 0 Å². The molecule has 5 heteroatoms. The smallest absolute Gasteiger partial charge is 0.253 e. The first kappa shape index (κ1) is 14.7. The van der Waals surface area contributed by atoms with Gasteiger partial charge >= 0.3 is 0 Å². The summed E-state index contributed by atoms with van der Waals surface area (Å²) in [6.07, 6.45) is 0. The quantitative estimate of drug-likeness (QED) is 0.738. The van der Waals surface area contributed by atoms with Gasteiger partial charge in [-0.3, -0.25) is 4.79 Å². The van der Waals surface area contributed by atoms with Crippen LogP contribution in [0.25, 0.3) is 0 Å². The van der Waals surface area contributed by atoms with Gasteiger partial charge in [-0.1, -0.05) is 6.07 Å². The maximum atomic E-state index is 12.1. The van der Waals surface area contributed by atoms with Crippen LogP contribution in [0, 0.1) is 0 Å². The van der Waals surface area contributed by atoms with Gasteiger partial charge in [-0.05, 0) is 37.3 Å². The van der Waals surface area contributed by atoms with E-state index < -0.39 is 0 Å². The Morgan fingerprint density at radius 1 is 1.24 bits per heavy atom. The van der Waals surface area contributed by atoms with Crippen molar-refractivity contribution >= 4 is 23.0 Å². The van der Waals surface area contributed by atoms with Crippen molar-refractivity contribution in [2.24, 2.45) is 0 Å². The molecule has 0 aliphatic heterocycles. The van der Waals surface area contributed by atoms with Crippen molar-refractivity contribution in [2.45, 2.75) is 6.92 Å². The van der Waals surface area contributed by atoms with Crippen molar-refractivity contribution < 1.29 is 9.53 Å². The number of methoxy groups -OCH3 is 1. The van der Waals surface area contributed by atoms with Gasteiger partial charge in [0.05, 0.1) is 18.4 Å². The number of nitrogen functional groups attached to an aromatic ring is 1. The second-order valence-corrected chi connectivity index (χ2v) is 4.52. The van der Waals surface area contributed by atoms with Gasteiger partial charge in [0.25, 0.3) is 5.91 Å². The molecule has 0 unspecified atom stereocenters. The van der Waals surface area contributed by atoms with E-state index in [1.54, 1.807) is 25.3 Å². The van der Waals surface area contributed by atoms with E-state index in [-0.39, 0.29) is 5.91 Å². The predicted molar refractivity (Wildman–Crippen MR) is 85.1 cm³/mol. The first-order chi connectivity index (χ1) is 10.1. The minimum Gasteiger partial charge on any atom is -0.497 e. The number of rotatable bonds is 5. The lowest BCUT2D eigenvalue weighted by atomic mass is 10.1. The number of hydrogen-bond donors (Lipinski definition) is 3. The first-order valence-corrected chi connectivity index (χ1v) is 6.73. The minimum absolute atomic E-state index is 0.157. The number of hydrogen-bond acceptors (Lipinski definition) is 4. The van der Waals surface area contributed by atoms with Gasteiger partial charge in [0.15, 0.2) is 0 Å². The summed E-state index contributed by atoms with van der Waals surface area (Å²) in [7, 11) is 1.61. The lowest BCUT2D eigenvalue weighted by Crippen LogP contribution is -2.23. The highest BCUT2D eigenvalue weighted by molar-refractivity contribution is 6.01. The standard InChI is InChI=1S/C16H19N3O2/c1-3-18-16(20)14-9-11(17)7-8-15(14)19-12-5-4-6-13(10-12)21-2/h4-10,19H,3,17H2,1-2H3,(H,18,20). The summed E-state index contributed by atoms with van der Waals surface area (Å²) in [6, 6.07) is 12.7. The monoisotopic (exact) mass is 285 g/mol. The van der Waals surface area contributed by atoms with Crippen molar-refractivity contribution in [3.05, 3.63) is 48.0 Å². The highest BCUT2D eigenvalue weighted by Crippen LogP contribution is 2.25. The van der Waals surface area contributed by atoms with Crippen LogP contribution in [-0.2, 0) is 0 Å². The van der Waals surface area contributed by atoms with E-state index in [1.165, 1.54) is 0 Å². The maximum Gasteiger partial charge on any atom is 0.253 e. The summed E-state index contributed by atoms with van der Waals surface area (Å²) in [5.74, 6) is 0.588. The molecule has 0 saturated heterocycles. The van der Waals surface area contributed by atoms with Gasteiger partial charge in [-0.25, -0.2) is 0 Å². The normalized spacial score (nSPS) is 10.0. The van der Waals surface area contributed by atoms with Gasteiger partial charge in [0.1, 0.15) is 5.75 Å². The van der Waals surface area contributed by atoms with Crippen LogP contribution in [0.3, 0.4) is 0 Å². The SMILES string of the molecule is CCNC(=O)c1cc(N)ccc1Nc1cccc(OC)c1. The first-order valence-electron chi connectivity index (χ1n) is 6.73. The third kappa shape index (κ3) is 3.66. The lowest BCUT2D eigenvalue weighted by Gasteiger charge is -2.13. The zero-order valence-electron chi connectivity index (χ0n) is 12.1. The largest absolute Gasteiger partial charge is 0.497 e. The summed E-state index contributed by atoms with van der Waals surface area (Å²) < 4.78 is 5.19. The molecular weight excluding hydrogens is 266 g/mol. The van der Waals surface area contributed by atoms with E-state index in [0.717, 1.165) is 11.4 Å². The molecular formula is C16H19N3O2. The fraction of sp³-hybridized carbons (Fsp3) is 0.188. The molecule has 0 aromatic heterocycles. The fourth-order valence-corrected chi connectivity index (χ4v) is 1.97. The van der Waals surface area contributed by atoms with Crippen LogP contribution in [0.15, 0.2) is 42.5 Å². The number of nitrogens with one attached hydrogen (secondary N) is 2. The molecule has 1 amide bonds. The number of amides is 1. The Labute approximate surface area is 124 Å². The van der Waals surface area contributed by atoms with Crippen LogP contribution in [0.4, 0.5) is 17.1 Å². The molecule has 0 bridgehead atoms. The fourth-order valence-electron chi connectivity index (χ4n) is 1.97. The molecule has 21 heavy (non-hydrogen) atoms.